The number of carboxylic acid groups (broad SMARTS) is 1. The fourth-order valence-corrected chi connectivity index (χ4v) is 3.48. The van der Waals surface area contributed by atoms with Crippen molar-refractivity contribution in [3.05, 3.63) is 72.3 Å². The van der Waals surface area contributed by atoms with Gasteiger partial charge >= 0.3 is 5.97 Å². The molecule has 1 unspecified atom stereocenters. The summed E-state index contributed by atoms with van der Waals surface area (Å²) in [6.07, 6.45) is 0.114. The molecule has 0 aromatic heterocycles. The molecule has 1 aliphatic rings. The number of hydrogen-bond acceptors (Lipinski definition) is 4. The summed E-state index contributed by atoms with van der Waals surface area (Å²) in [6, 6.07) is 22.2. The molecular weight excluding hydrogens is 390 g/mol. The molecule has 0 aliphatic carbocycles. The molecule has 0 saturated carbocycles. The number of morpholine rings is 1. The quantitative estimate of drug-likeness (QED) is 0.622. The molecule has 6 heteroatoms. The topological polar surface area (TPSA) is 59.0 Å². The van der Waals surface area contributed by atoms with Crippen LogP contribution < -0.4 is 4.74 Å². The first kappa shape index (κ1) is 21.1. The van der Waals surface area contributed by atoms with Crippen molar-refractivity contribution in [1.29, 1.82) is 0 Å². The highest BCUT2D eigenvalue weighted by Crippen LogP contribution is 2.28. The van der Waals surface area contributed by atoms with Gasteiger partial charge in [-0.05, 0) is 40.6 Å². The lowest BCUT2D eigenvalue weighted by Gasteiger charge is -2.32. The number of aliphatic carboxylic acids is 1. The Morgan fingerprint density at radius 1 is 1.03 bits per heavy atom. The molecule has 0 bridgehead atoms. The molecule has 3 aromatic rings. The Kier molecular flexibility index (Phi) is 7.09. The van der Waals surface area contributed by atoms with E-state index in [1.807, 2.05) is 48.5 Å². The van der Waals surface area contributed by atoms with Crippen LogP contribution in [-0.4, -0.2) is 42.2 Å². The molecule has 1 aliphatic heterocycles. The molecule has 1 atom stereocenters. The number of hydrogen-bond donors (Lipinski definition) is 1. The highest BCUT2D eigenvalue weighted by Gasteiger charge is 2.22. The van der Waals surface area contributed by atoms with Crippen LogP contribution in [0.3, 0.4) is 0 Å². The molecule has 1 heterocycles. The minimum absolute atomic E-state index is 0. The zero-order valence-corrected chi connectivity index (χ0v) is 16.8. The van der Waals surface area contributed by atoms with Crippen LogP contribution in [0, 0.1) is 0 Å². The molecule has 152 valence electrons. The van der Waals surface area contributed by atoms with Crippen LogP contribution >= 0.6 is 12.4 Å². The lowest BCUT2D eigenvalue weighted by Crippen LogP contribution is -2.39. The molecule has 0 radical (unpaired) electrons. The Bertz CT molecular complexity index is 961. The van der Waals surface area contributed by atoms with E-state index in [0.29, 0.717) is 19.7 Å². The van der Waals surface area contributed by atoms with Gasteiger partial charge in [0.25, 0.3) is 0 Å². The summed E-state index contributed by atoms with van der Waals surface area (Å²) >= 11 is 0. The van der Waals surface area contributed by atoms with Crippen molar-refractivity contribution in [2.24, 2.45) is 0 Å². The highest BCUT2D eigenvalue weighted by atomic mass is 35.5. The Morgan fingerprint density at radius 2 is 1.76 bits per heavy atom. The predicted molar refractivity (Wildman–Crippen MR) is 115 cm³/mol. The van der Waals surface area contributed by atoms with Gasteiger partial charge in [-0.3, -0.25) is 9.69 Å². The van der Waals surface area contributed by atoms with Gasteiger partial charge in [0.05, 0.1) is 19.1 Å². The Labute approximate surface area is 176 Å². The van der Waals surface area contributed by atoms with Crippen LogP contribution in [0.4, 0.5) is 0 Å². The summed E-state index contributed by atoms with van der Waals surface area (Å²) in [6.45, 7) is 2.64. The molecule has 3 aromatic carbocycles. The van der Waals surface area contributed by atoms with Crippen molar-refractivity contribution in [2.75, 3.05) is 26.2 Å². The zero-order chi connectivity index (χ0) is 19.3. The molecular formula is C23H24ClNO4. The smallest absolute Gasteiger partial charge is 0.304 e. The fourth-order valence-electron chi connectivity index (χ4n) is 3.48. The third-order valence-corrected chi connectivity index (χ3v) is 5.00. The Morgan fingerprint density at radius 3 is 2.52 bits per heavy atom. The van der Waals surface area contributed by atoms with Gasteiger partial charge in [0.2, 0.25) is 0 Å². The lowest BCUT2D eigenvalue weighted by atomic mass is 10.1. The monoisotopic (exact) mass is 413 g/mol. The Balaban J connectivity index is 0.00000240. The number of ether oxygens (including phenoxy) is 2. The van der Waals surface area contributed by atoms with Crippen molar-refractivity contribution in [2.45, 2.75) is 12.5 Å². The summed E-state index contributed by atoms with van der Waals surface area (Å²) in [5.74, 6) is 0.816. The van der Waals surface area contributed by atoms with E-state index in [4.69, 9.17) is 14.6 Å². The van der Waals surface area contributed by atoms with Crippen molar-refractivity contribution >= 4 is 29.1 Å². The van der Waals surface area contributed by atoms with Gasteiger partial charge < -0.3 is 14.6 Å². The molecule has 4 rings (SSSR count). The SMILES string of the molecule is Cl.O=C(O)CCN1CCOC(c2ccc(Oc3ccc4ccccc4c3)cc2)C1. The van der Waals surface area contributed by atoms with E-state index in [0.717, 1.165) is 29.0 Å². The first-order valence-electron chi connectivity index (χ1n) is 9.50. The van der Waals surface area contributed by atoms with Crippen molar-refractivity contribution in [3.63, 3.8) is 0 Å². The van der Waals surface area contributed by atoms with Gasteiger partial charge in [0.1, 0.15) is 11.5 Å². The normalized spacial score (nSPS) is 16.9. The first-order chi connectivity index (χ1) is 13.7. The van der Waals surface area contributed by atoms with E-state index in [2.05, 4.69) is 23.1 Å². The standard InChI is InChI=1S/C23H23NO4.ClH/c25-23(26)11-12-24-13-14-27-22(16-24)18-6-8-20(9-7-18)28-21-10-5-17-3-1-2-4-19(17)15-21;/h1-10,15,22H,11-14,16H2,(H,25,26);1H. The van der Waals surface area contributed by atoms with E-state index >= 15 is 0 Å². The molecule has 0 amide bonds. The van der Waals surface area contributed by atoms with Crippen LogP contribution in [-0.2, 0) is 9.53 Å². The maximum Gasteiger partial charge on any atom is 0.304 e. The molecule has 0 spiro atoms. The minimum Gasteiger partial charge on any atom is -0.481 e. The second kappa shape index (κ2) is 9.74. The van der Waals surface area contributed by atoms with Crippen molar-refractivity contribution in [3.8, 4) is 11.5 Å². The molecule has 5 nitrogen and oxygen atoms in total. The van der Waals surface area contributed by atoms with Crippen LogP contribution in [0.1, 0.15) is 18.1 Å². The predicted octanol–water partition coefficient (Wildman–Crippen LogP) is 4.90. The van der Waals surface area contributed by atoms with E-state index < -0.39 is 5.97 Å². The molecule has 1 fully saturated rings. The third kappa shape index (κ3) is 5.48. The van der Waals surface area contributed by atoms with Crippen molar-refractivity contribution < 1.29 is 19.4 Å². The van der Waals surface area contributed by atoms with Crippen molar-refractivity contribution in [1.82, 2.24) is 4.90 Å². The number of halogens is 1. The highest BCUT2D eigenvalue weighted by molar-refractivity contribution is 5.85. The fraction of sp³-hybridized carbons (Fsp3) is 0.261. The Hall–Kier alpha value is -2.60. The minimum atomic E-state index is -0.766. The zero-order valence-electron chi connectivity index (χ0n) is 16.0. The molecule has 1 saturated heterocycles. The number of benzene rings is 3. The van der Waals surface area contributed by atoms with Crippen LogP contribution in [0.25, 0.3) is 10.8 Å². The van der Waals surface area contributed by atoms with E-state index in [1.54, 1.807) is 0 Å². The number of fused-ring (bicyclic) bond motifs is 1. The van der Waals surface area contributed by atoms with Gasteiger partial charge in [0.15, 0.2) is 0 Å². The van der Waals surface area contributed by atoms with Crippen LogP contribution in [0.5, 0.6) is 11.5 Å². The van der Waals surface area contributed by atoms with Crippen LogP contribution in [0.15, 0.2) is 66.7 Å². The van der Waals surface area contributed by atoms with Gasteiger partial charge in [-0.1, -0.05) is 42.5 Å². The molecule has 29 heavy (non-hydrogen) atoms. The second-order valence-corrected chi connectivity index (χ2v) is 6.98. The first-order valence-corrected chi connectivity index (χ1v) is 9.50. The maximum atomic E-state index is 10.8. The van der Waals surface area contributed by atoms with E-state index in [-0.39, 0.29) is 24.9 Å². The molecule has 1 N–H and O–H groups in total. The van der Waals surface area contributed by atoms with E-state index in [1.165, 1.54) is 5.39 Å². The average Bonchev–Trinajstić information content (AvgIpc) is 2.73. The lowest BCUT2D eigenvalue weighted by molar-refractivity contribution is -0.137. The largest absolute Gasteiger partial charge is 0.481 e. The van der Waals surface area contributed by atoms with Gasteiger partial charge in [0, 0.05) is 19.6 Å². The number of rotatable bonds is 6. The van der Waals surface area contributed by atoms with Gasteiger partial charge in [-0.2, -0.15) is 0 Å². The van der Waals surface area contributed by atoms with E-state index in [9.17, 15) is 4.79 Å². The number of nitrogens with zero attached hydrogens (tertiary/aromatic N) is 1. The van der Waals surface area contributed by atoms with Gasteiger partial charge in [-0.25, -0.2) is 0 Å². The summed E-state index contributed by atoms with van der Waals surface area (Å²) < 4.78 is 11.9. The van der Waals surface area contributed by atoms with Gasteiger partial charge in [-0.15, -0.1) is 12.4 Å². The number of carbonyl (C=O) groups is 1. The average molecular weight is 414 g/mol. The summed E-state index contributed by atoms with van der Waals surface area (Å²) in [5.41, 5.74) is 1.07. The third-order valence-electron chi connectivity index (χ3n) is 5.00. The number of carboxylic acids is 1. The summed E-state index contributed by atoms with van der Waals surface area (Å²) in [7, 11) is 0. The van der Waals surface area contributed by atoms with Crippen LogP contribution in [0.2, 0.25) is 0 Å². The summed E-state index contributed by atoms with van der Waals surface area (Å²) in [4.78, 5) is 12.9. The maximum absolute atomic E-state index is 10.8. The second-order valence-electron chi connectivity index (χ2n) is 6.98. The summed E-state index contributed by atoms with van der Waals surface area (Å²) in [5, 5.41) is 11.2.